The molecule has 0 aliphatic rings. The Morgan fingerprint density at radius 2 is 1.80 bits per heavy atom. The predicted octanol–water partition coefficient (Wildman–Crippen LogP) is 3.68. The standard InChI is InChI=1S/C21H18F3N5O5S/c1-33-20-16(6-11(9-27-20)17(25)30)34-19-15(7-12(10-28-19)21(22,23)24)18(31)29-13-4-3-5-14(8-13)35(2,26)32/h3-10,26H,1-2H3,(H2,25,30)(H,29,31). The number of methoxy groups -OCH3 is 1. The number of ether oxygens (including phenoxy) is 2. The summed E-state index contributed by atoms with van der Waals surface area (Å²) in [5, 5.41) is 2.38. The van der Waals surface area contributed by atoms with Gasteiger partial charge in [-0.1, -0.05) is 6.07 Å². The number of anilines is 1. The van der Waals surface area contributed by atoms with Crippen molar-refractivity contribution in [1.29, 1.82) is 4.78 Å². The second-order valence-corrected chi connectivity index (χ2v) is 9.26. The predicted molar refractivity (Wildman–Crippen MR) is 118 cm³/mol. The largest absolute Gasteiger partial charge is 0.478 e. The van der Waals surface area contributed by atoms with Gasteiger partial charge in [-0.15, -0.1) is 0 Å². The average Bonchev–Trinajstić information content (AvgIpc) is 2.78. The van der Waals surface area contributed by atoms with Crippen LogP contribution in [0.4, 0.5) is 18.9 Å². The van der Waals surface area contributed by atoms with E-state index in [0.29, 0.717) is 12.3 Å². The number of hydrogen-bond donors (Lipinski definition) is 3. The number of nitrogens with two attached hydrogens (primary N) is 1. The number of primary amides is 1. The van der Waals surface area contributed by atoms with Gasteiger partial charge in [0.05, 0.1) is 28.0 Å². The third-order valence-corrected chi connectivity index (χ3v) is 5.62. The molecule has 2 aromatic heterocycles. The minimum absolute atomic E-state index is 0.0765. The van der Waals surface area contributed by atoms with Crippen LogP contribution in [0.1, 0.15) is 26.3 Å². The van der Waals surface area contributed by atoms with E-state index < -0.39 is 44.7 Å². The summed E-state index contributed by atoms with van der Waals surface area (Å²) in [4.78, 5) is 32.0. The Morgan fingerprint density at radius 1 is 1.11 bits per heavy atom. The molecule has 0 spiro atoms. The average molecular weight is 509 g/mol. The van der Waals surface area contributed by atoms with Gasteiger partial charge in [0.25, 0.3) is 11.8 Å². The van der Waals surface area contributed by atoms with E-state index in [-0.39, 0.29) is 27.8 Å². The van der Waals surface area contributed by atoms with E-state index in [0.717, 1.165) is 12.3 Å². The fraction of sp³-hybridized carbons (Fsp3) is 0.143. The number of aromatic nitrogens is 2. The van der Waals surface area contributed by atoms with Gasteiger partial charge >= 0.3 is 6.18 Å². The molecule has 2 heterocycles. The summed E-state index contributed by atoms with van der Waals surface area (Å²) in [6.07, 6.45) is -2.06. The monoisotopic (exact) mass is 509 g/mol. The third-order valence-electron chi connectivity index (χ3n) is 4.47. The summed E-state index contributed by atoms with van der Waals surface area (Å²) in [5.41, 5.74) is 3.38. The SMILES string of the molecule is COc1ncc(C(N)=O)cc1Oc1ncc(C(F)(F)F)cc1C(=O)Nc1cccc(S(C)(=N)=O)c1. The Kier molecular flexibility index (Phi) is 6.96. The maximum Gasteiger partial charge on any atom is 0.417 e. The van der Waals surface area contributed by atoms with Crippen LogP contribution in [0.15, 0.2) is 53.7 Å². The number of halogens is 3. The van der Waals surface area contributed by atoms with Crippen molar-refractivity contribution in [2.75, 3.05) is 18.7 Å². The molecule has 4 N–H and O–H groups in total. The zero-order chi connectivity index (χ0) is 26.0. The van der Waals surface area contributed by atoms with Crippen LogP contribution in [0.5, 0.6) is 17.5 Å². The topological polar surface area (TPSA) is 157 Å². The first-order chi connectivity index (χ1) is 16.3. The van der Waals surface area contributed by atoms with E-state index in [2.05, 4.69) is 15.3 Å². The lowest BCUT2D eigenvalue weighted by Crippen LogP contribution is -2.17. The van der Waals surface area contributed by atoms with Crippen LogP contribution >= 0.6 is 0 Å². The maximum absolute atomic E-state index is 13.3. The van der Waals surface area contributed by atoms with Crippen LogP contribution in [-0.2, 0) is 15.9 Å². The van der Waals surface area contributed by atoms with Crippen molar-refractivity contribution in [1.82, 2.24) is 9.97 Å². The highest BCUT2D eigenvalue weighted by molar-refractivity contribution is 7.91. The van der Waals surface area contributed by atoms with E-state index in [9.17, 15) is 27.0 Å². The minimum Gasteiger partial charge on any atom is -0.478 e. The molecule has 3 rings (SSSR count). The normalized spacial score (nSPS) is 12.9. The summed E-state index contributed by atoms with van der Waals surface area (Å²) in [5.74, 6) is -2.82. The summed E-state index contributed by atoms with van der Waals surface area (Å²) in [6.45, 7) is 0. The summed E-state index contributed by atoms with van der Waals surface area (Å²) in [6, 6.07) is 7.17. The maximum atomic E-state index is 13.3. The fourth-order valence-corrected chi connectivity index (χ4v) is 3.45. The highest BCUT2D eigenvalue weighted by Gasteiger charge is 2.33. The van der Waals surface area contributed by atoms with E-state index >= 15 is 0 Å². The number of rotatable bonds is 7. The van der Waals surface area contributed by atoms with Crippen molar-refractivity contribution < 1.29 is 36.4 Å². The lowest BCUT2D eigenvalue weighted by atomic mass is 10.1. The summed E-state index contributed by atoms with van der Waals surface area (Å²) in [7, 11) is -1.88. The molecule has 1 unspecified atom stereocenters. The van der Waals surface area contributed by atoms with Gasteiger partial charge in [-0.05, 0) is 24.3 Å². The molecule has 35 heavy (non-hydrogen) atoms. The number of nitrogens with zero attached hydrogens (tertiary/aromatic N) is 2. The molecule has 0 aliphatic carbocycles. The van der Waals surface area contributed by atoms with Gasteiger partial charge in [-0.2, -0.15) is 13.2 Å². The van der Waals surface area contributed by atoms with Crippen molar-refractivity contribution in [3.8, 4) is 17.5 Å². The molecule has 0 fully saturated rings. The Hall–Kier alpha value is -4.20. The number of amides is 2. The molecule has 184 valence electrons. The second kappa shape index (κ2) is 9.58. The Labute approximate surface area is 197 Å². The Balaban J connectivity index is 2.06. The first-order valence-electron chi connectivity index (χ1n) is 9.53. The Bertz CT molecular complexity index is 1410. The molecule has 0 saturated carbocycles. The number of benzene rings is 1. The van der Waals surface area contributed by atoms with Crippen molar-refractivity contribution in [3.63, 3.8) is 0 Å². The van der Waals surface area contributed by atoms with Crippen LogP contribution in [0.2, 0.25) is 0 Å². The summed E-state index contributed by atoms with van der Waals surface area (Å²) >= 11 is 0. The number of nitrogens with one attached hydrogen (secondary N) is 2. The third kappa shape index (κ3) is 6.03. The molecule has 3 aromatic rings. The van der Waals surface area contributed by atoms with Crippen LogP contribution in [0.25, 0.3) is 0 Å². The molecule has 0 radical (unpaired) electrons. The van der Waals surface area contributed by atoms with Crippen LogP contribution in [0.3, 0.4) is 0 Å². The van der Waals surface area contributed by atoms with Gasteiger partial charge in [0.2, 0.25) is 11.8 Å². The number of hydrogen-bond acceptors (Lipinski definition) is 8. The molecular weight excluding hydrogens is 491 g/mol. The van der Waals surface area contributed by atoms with Crippen LogP contribution in [0, 0.1) is 4.78 Å². The first-order valence-corrected chi connectivity index (χ1v) is 11.5. The van der Waals surface area contributed by atoms with E-state index in [1.165, 1.54) is 37.6 Å². The number of carbonyl (C=O) groups excluding carboxylic acids is 2. The van der Waals surface area contributed by atoms with Crippen molar-refractivity contribution in [2.45, 2.75) is 11.1 Å². The number of pyridine rings is 2. The zero-order valence-electron chi connectivity index (χ0n) is 18.2. The quantitative estimate of drug-likeness (QED) is 0.438. The molecule has 1 aromatic carbocycles. The first kappa shape index (κ1) is 25.4. The number of alkyl halides is 3. The number of carbonyl (C=O) groups is 2. The van der Waals surface area contributed by atoms with Gasteiger partial charge in [-0.25, -0.2) is 19.0 Å². The second-order valence-electron chi connectivity index (χ2n) is 7.10. The van der Waals surface area contributed by atoms with Crippen LogP contribution < -0.4 is 20.5 Å². The van der Waals surface area contributed by atoms with Crippen molar-refractivity contribution in [3.05, 3.63) is 65.5 Å². The smallest absolute Gasteiger partial charge is 0.417 e. The molecule has 14 heteroatoms. The van der Waals surface area contributed by atoms with Crippen LogP contribution in [-0.4, -0.2) is 39.4 Å². The lowest BCUT2D eigenvalue weighted by molar-refractivity contribution is -0.137. The van der Waals surface area contributed by atoms with E-state index in [4.69, 9.17) is 20.0 Å². The Morgan fingerprint density at radius 3 is 2.40 bits per heavy atom. The molecule has 2 amide bonds. The molecular formula is C21H18F3N5O5S. The highest BCUT2D eigenvalue weighted by atomic mass is 32.2. The van der Waals surface area contributed by atoms with Gasteiger partial charge in [0.1, 0.15) is 5.56 Å². The zero-order valence-corrected chi connectivity index (χ0v) is 19.0. The van der Waals surface area contributed by atoms with Gasteiger partial charge in [-0.3, -0.25) is 9.59 Å². The molecule has 1 atom stereocenters. The highest BCUT2D eigenvalue weighted by Crippen LogP contribution is 2.35. The molecule has 0 bridgehead atoms. The molecule has 0 saturated heterocycles. The minimum atomic E-state index is -4.81. The van der Waals surface area contributed by atoms with Crippen molar-refractivity contribution >= 4 is 27.2 Å². The van der Waals surface area contributed by atoms with E-state index in [1.807, 2.05) is 0 Å². The summed E-state index contributed by atoms with van der Waals surface area (Å²) < 4.78 is 70.2. The van der Waals surface area contributed by atoms with Gasteiger partial charge in [0, 0.05) is 35.3 Å². The van der Waals surface area contributed by atoms with Gasteiger partial charge < -0.3 is 20.5 Å². The van der Waals surface area contributed by atoms with Gasteiger partial charge in [0.15, 0.2) is 5.75 Å². The lowest BCUT2D eigenvalue weighted by Gasteiger charge is -2.15. The van der Waals surface area contributed by atoms with Crippen molar-refractivity contribution in [2.24, 2.45) is 5.73 Å². The molecule has 0 aliphatic heterocycles. The fourth-order valence-electron chi connectivity index (χ4n) is 2.76. The molecule has 10 nitrogen and oxygen atoms in total. The van der Waals surface area contributed by atoms with E-state index in [1.54, 1.807) is 0 Å².